The topological polar surface area (TPSA) is 71.9 Å². The number of imidazole rings is 1. The highest BCUT2D eigenvalue weighted by Crippen LogP contribution is 2.64. The number of hydrogen-bond donors (Lipinski definition) is 2. The summed E-state index contributed by atoms with van der Waals surface area (Å²) in [5.41, 5.74) is 1.87. The Kier molecular flexibility index (Phi) is 2.10. The normalized spacial score (nSPS) is 28.6. The lowest BCUT2D eigenvalue weighted by atomic mass is 9.80. The molecule has 118 valence electrons. The van der Waals surface area contributed by atoms with Gasteiger partial charge in [-0.2, -0.15) is 0 Å². The highest BCUT2D eigenvalue weighted by molar-refractivity contribution is 5.61. The number of aromatic nitrogens is 3. The van der Waals surface area contributed by atoms with E-state index < -0.39 is 11.2 Å². The number of aromatic hydroxyl groups is 2. The van der Waals surface area contributed by atoms with E-state index in [2.05, 4.69) is 4.98 Å². The van der Waals surface area contributed by atoms with Crippen molar-refractivity contribution in [2.75, 3.05) is 0 Å². The summed E-state index contributed by atoms with van der Waals surface area (Å²) in [6.07, 6.45) is 7.07. The molecule has 6 heteroatoms. The SMILES string of the molecule is C[C@]12CC[C@](C)(O1)c1c2c(O)n(-c2ccc3nccn3c2)c1O. The van der Waals surface area contributed by atoms with Crippen molar-refractivity contribution in [1.82, 2.24) is 14.0 Å². The maximum atomic E-state index is 10.8. The second kappa shape index (κ2) is 3.71. The monoisotopic (exact) mass is 311 g/mol. The number of ether oxygens (including phenoxy) is 1. The lowest BCUT2D eigenvalue weighted by molar-refractivity contribution is -0.0683. The van der Waals surface area contributed by atoms with E-state index in [1.165, 1.54) is 4.57 Å². The fourth-order valence-corrected chi connectivity index (χ4v) is 4.26. The van der Waals surface area contributed by atoms with Crippen LogP contribution in [-0.2, 0) is 15.9 Å². The summed E-state index contributed by atoms with van der Waals surface area (Å²) in [4.78, 5) is 4.21. The van der Waals surface area contributed by atoms with Crippen LogP contribution < -0.4 is 0 Å². The molecule has 2 aliphatic rings. The summed E-state index contributed by atoms with van der Waals surface area (Å²) in [6.45, 7) is 3.96. The first-order valence-corrected chi connectivity index (χ1v) is 7.74. The van der Waals surface area contributed by atoms with Gasteiger partial charge in [-0.1, -0.05) is 0 Å². The number of rotatable bonds is 1. The van der Waals surface area contributed by atoms with Crippen LogP contribution in [0.4, 0.5) is 0 Å². The summed E-state index contributed by atoms with van der Waals surface area (Å²) >= 11 is 0. The lowest BCUT2D eigenvalue weighted by Gasteiger charge is -2.21. The van der Waals surface area contributed by atoms with Crippen molar-refractivity contribution in [2.24, 2.45) is 0 Å². The first kappa shape index (κ1) is 13.0. The number of pyridine rings is 1. The van der Waals surface area contributed by atoms with E-state index in [4.69, 9.17) is 4.74 Å². The van der Waals surface area contributed by atoms with E-state index in [-0.39, 0.29) is 11.8 Å². The minimum Gasteiger partial charge on any atom is -0.494 e. The van der Waals surface area contributed by atoms with Crippen LogP contribution in [0.5, 0.6) is 11.8 Å². The van der Waals surface area contributed by atoms with Gasteiger partial charge in [0.05, 0.1) is 28.0 Å². The van der Waals surface area contributed by atoms with Crippen molar-refractivity contribution in [3.8, 4) is 17.4 Å². The highest BCUT2D eigenvalue weighted by Gasteiger charge is 2.59. The van der Waals surface area contributed by atoms with E-state index in [0.29, 0.717) is 5.69 Å². The van der Waals surface area contributed by atoms with Crippen molar-refractivity contribution in [3.05, 3.63) is 41.9 Å². The Morgan fingerprint density at radius 3 is 2.39 bits per heavy atom. The van der Waals surface area contributed by atoms with Crippen LogP contribution in [0.2, 0.25) is 0 Å². The molecule has 2 N–H and O–H groups in total. The summed E-state index contributed by atoms with van der Waals surface area (Å²) in [6, 6.07) is 3.69. The molecule has 3 aromatic rings. The molecule has 0 radical (unpaired) electrons. The number of hydrogen-bond acceptors (Lipinski definition) is 4. The molecular formula is C17H17N3O3. The Hall–Kier alpha value is -2.47. The molecule has 2 aliphatic heterocycles. The van der Waals surface area contributed by atoms with Gasteiger partial charge in [0.2, 0.25) is 11.8 Å². The van der Waals surface area contributed by atoms with Gasteiger partial charge in [-0.05, 0) is 38.8 Å². The molecule has 0 amide bonds. The van der Waals surface area contributed by atoms with Gasteiger partial charge in [0.25, 0.3) is 0 Å². The molecule has 2 bridgehead atoms. The third-order valence-electron chi connectivity index (χ3n) is 5.34. The molecule has 5 rings (SSSR count). The van der Waals surface area contributed by atoms with E-state index in [1.807, 2.05) is 42.8 Å². The Labute approximate surface area is 132 Å². The van der Waals surface area contributed by atoms with E-state index >= 15 is 0 Å². The minimum absolute atomic E-state index is 0.0582. The van der Waals surface area contributed by atoms with Gasteiger partial charge >= 0.3 is 0 Å². The summed E-state index contributed by atoms with van der Waals surface area (Å²) in [5.74, 6) is 0.116. The molecule has 1 fully saturated rings. The molecule has 3 aromatic heterocycles. The van der Waals surface area contributed by atoms with Crippen LogP contribution in [0.1, 0.15) is 37.8 Å². The van der Waals surface area contributed by atoms with Crippen LogP contribution in [0.25, 0.3) is 11.3 Å². The molecule has 1 saturated heterocycles. The van der Waals surface area contributed by atoms with Gasteiger partial charge < -0.3 is 19.4 Å². The Morgan fingerprint density at radius 2 is 1.74 bits per heavy atom. The third kappa shape index (κ3) is 1.40. The Bertz CT molecular complexity index is 934. The average Bonchev–Trinajstić information content (AvgIpc) is 3.19. The van der Waals surface area contributed by atoms with E-state index in [1.54, 1.807) is 6.20 Å². The van der Waals surface area contributed by atoms with Crippen LogP contribution in [-0.4, -0.2) is 24.2 Å². The highest BCUT2D eigenvalue weighted by atomic mass is 16.5. The van der Waals surface area contributed by atoms with Crippen LogP contribution in [0, 0.1) is 0 Å². The first-order chi connectivity index (χ1) is 10.9. The lowest BCUT2D eigenvalue weighted by Crippen LogP contribution is -2.17. The molecule has 0 unspecified atom stereocenters. The maximum Gasteiger partial charge on any atom is 0.205 e. The summed E-state index contributed by atoms with van der Waals surface area (Å²) in [7, 11) is 0. The fourth-order valence-electron chi connectivity index (χ4n) is 4.26. The Balaban J connectivity index is 1.80. The molecule has 5 heterocycles. The molecular weight excluding hydrogens is 294 g/mol. The maximum absolute atomic E-state index is 10.8. The van der Waals surface area contributed by atoms with E-state index in [0.717, 1.165) is 29.6 Å². The molecule has 0 aliphatic carbocycles. The third-order valence-corrected chi connectivity index (χ3v) is 5.34. The molecule has 0 aromatic carbocycles. The molecule has 0 saturated carbocycles. The van der Waals surface area contributed by atoms with Crippen LogP contribution in [0.3, 0.4) is 0 Å². The van der Waals surface area contributed by atoms with E-state index in [9.17, 15) is 10.2 Å². The van der Waals surface area contributed by atoms with Crippen molar-refractivity contribution >= 4 is 5.65 Å². The zero-order chi connectivity index (χ0) is 16.0. The van der Waals surface area contributed by atoms with Gasteiger partial charge in [0.1, 0.15) is 5.65 Å². The quantitative estimate of drug-likeness (QED) is 0.725. The predicted molar refractivity (Wildman–Crippen MR) is 82.9 cm³/mol. The largest absolute Gasteiger partial charge is 0.494 e. The van der Waals surface area contributed by atoms with Gasteiger partial charge in [-0.3, -0.25) is 0 Å². The first-order valence-electron chi connectivity index (χ1n) is 7.74. The second-order valence-electron chi connectivity index (χ2n) is 6.88. The van der Waals surface area contributed by atoms with Gasteiger partial charge in [0, 0.05) is 18.6 Å². The molecule has 23 heavy (non-hydrogen) atoms. The van der Waals surface area contributed by atoms with Crippen molar-refractivity contribution in [3.63, 3.8) is 0 Å². The van der Waals surface area contributed by atoms with Crippen LogP contribution >= 0.6 is 0 Å². The second-order valence-corrected chi connectivity index (χ2v) is 6.88. The zero-order valence-electron chi connectivity index (χ0n) is 12.9. The van der Waals surface area contributed by atoms with Crippen LogP contribution in [0.15, 0.2) is 30.7 Å². The van der Waals surface area contributed by atoms with Gasteiger partial charge in [-0.15, -0.1) is 0 Å². The fraction of sp³-hybridized carbons (Fsp3) is 0.353. The minimum atomic E-state index is -0.532. The summed E-state index contributed by atoms with van der Waals surface area (Å²) in [5, 5.41) is 21.6. The van der Waals surface area contributed by atoms with Crippen molar-refractivity contribution in [1.29, 1.82) is 0 Å². The Morgan fingerprint density at radius 1 is 1.09 bits per heavy atom. The number of fused-ring (bicyclic) bond motifs is 6. The molecule has 6 nitrogen and oxygen atoms in total. The standard InChI is InChI=1S/C17H17N3O3/c1-16-5-6-17(2,23-16)13-12(16)14(21)20(15(13)22)10-3-4-11-18-7-8-19(11)9-10/h3-4,7-9,21-22H,5-6H2,1-2H3/t16-,17+. The van der Waals surface area contributed by atoms with Gasteiger partial charge in [-0.25, -0.2) is 9.55 Å². The number of nitrogens with zero attached hydrogens (tertiary/aromatic N) is 3. The average molecular weight is 311 g/mol. The molecule has 0 spiro atoms. The predicted octanol–water partition coefficient (Wildman–Crippen LogP) is 2.79. The van der Waals surface area contributed by atoms with Gasteiger partial charge in [0.15, 0.2) is 0 Å². The van der Waals surface area contributed by atoms with Crippen molar-refractivity contribution < 1.29 is 14.9 Å². The zero-order valence-corrected chi connectivity index (χ0v) is 12.9. The summed E-state index contributed by atoms with van der Waals surface area (Å²) < 4.78 is 9.47. The molecule has 2 atom stereocenters. The van der Waals surface area contributed by atoms with Crippen molar-refractivity contribution in [2.45, 2.75) is 37.9 Å². The smallest absolute Gasteiger partial charge is 0.205 e.